The fourth-order valence-corrected chi connectivity index (χ4v) is 2.24. The van der Waals surface area contributed by atoms with Gasteiger partial charge in [-0.25, -0.2) is 0 Å². The third-order valence-electron chi connectivity index (χ3n) is 3.00. The Morgan fingerprint density at radius 3 is 2.62 bits per heavy atom. The van der Waals surface area contributed by atoms with E-state index in [2.05, 4.69) is 26.0 Å². The van der Waals surface area contributed by atoms with E-state index in [1.54, 1.807) is 12.2 Å². The Morgan fingerprint density at radius 2 is 1.94 bits per heavy atom. The average molecular weight is 212 g/mol. The van der Waals surface area contributed by atoms with Crippen molar-refractivity contribution in [3.8, 4) is 0 Å². The van der Waals surface area contributed by atoms with Crippen LogP contribution >= 0.6 is 0 Å². The normalized spacial score (nSPS) is 17.3. The maximum absolute atomic E-state index is 11.9. The summed E-state index contributed by atoms with van der Waals surface area (Å²) in [6.45, 7) is 6.15. The number of ketones is 1. The summed E-state index contributed by atoms with van der Waals surface area (Å²) in [5, 5.41) is 0. The number of carbonyl (C=O) groups excluding carboxylic acids is 1. The summed E-state index contributed by atoms with van der Waals surface area (Å²) in [6, 6.07) is 8.13. The molecule has 0 aliphatic heterocycles. The molecule has 0 fully saturated rings. The molecule has 0 atom stereocenters. The molecule has 0 unspecified atom stereocenters. The molecule has 1 heteroatoms. The quantitative estimate of drug-likeness (QED) is 0.686. The second-order valence-corrected chi connectivity index (χ2v) is 4.69. The minimum absolute atomic E-state index is 0.0385. The highest BCUT2D eigenvalue weighted by atomic mass is 16.1. The van der Waals surface area contributed by atoms with Gasteiger partial charge in [-0.15, -0.1) is 0 Å². The van der Waals surface area contributed by atoms with Crippen LogP contribution in [0.3, 0.4) is 0 Å². The van der Waals surface area contributed by atoms with E-state index in [1.807, 2.05) is 25.1 Å². The predicted octanol–water partition coefficient (Wildman–Crippen LogP) is 3.51. The van der Waals surface area contributed by atoms with Gasteiger partial charge in [0.25, 0.3) is 0 Å². The molecule has 0 amide bonds. The summed E-state index contributed by atoms with van der Waals surface area (Å²) in [5.41, 5.74) is 3.11. The largest absolute Gasteiger partial charge is 0.289 e. The molecule has 0 saturated carbocycles. The van der Waals surface area contributed by atoms with Gasteiger partial charge in [0.1, 0.15) is 0 Å². The first-order valence-corrected chi connectivity index (χ1v) is 5.56. The topological polar surface area (TPSA) is 17.1 Å². The Morgan fingerprint density at radius 1 is 1.25 bits per heavy atom. The number of carbonyl (C=O) groups is 1. The fourth-order valence-electron chi connectivity index (χ4n) is 2.24. The lowest BCUT2D eigenvalue weighted by Gasteiger charge is -2.16. The van der Waals surface area contributed by atoms with Crippen LogP contribution in [-0.4, -0.2) is 5.78 Å². The molecule has 0 bridgehead atoms. The zero-order valence-electron chi connectivity index (χ0n) is 9.95. The van der Waals surface area contributed by atoms with Crippen molar-refractivity contribution in [3.05, 3.63) is 53.6 Å². The van der Waals surface area contributed by atoms with Crippen molar-refractivity contribution < 1.29 is 4.79 Å². The molecule has 0 spiro atoms. The summed E-state index contributed by atoms with van der Waals surface area (Å²) in [6.07, 6.45) is 5.49. The van der Waals surface area contributed by atoms with Gasteiger partial charge in [-0.2, -0.15) is 0 Å². The Bertz CT molecular complexity index is 490. The maximum Gasteiger partial charge on any atom is 0.185 e. The summed E-state index contributed by atoms with van der Waals surface area (Å²) in [7, 11) is 0. The zero-order valence-corrected chi connectivity index (χ0v) is 9.95. The Balaban J connectivity index is 2.55. The lowest BCUT2D eigenvalue weighted by Crippen LogP contribution is -2.10. The van der Waals surface area contributed by atoms with Crippen LogP contribution in [0.1, 0.15) is 31.9 Å². The third-order valence-corrected chi connectivity index (χ3v) is 3.00. The van der Waals surface area contributed by atoms with Crippen molar-refractivity contribution in [2.24, 2.45) is 0 Å². The van der Waals surface area contributed by atoms with Crippen LogP contribution in [0.2, 0.25) is 0 Å². The summed E-state index contributed by atoms with van der Waals surface area (Å²) >= 11 is 0. The monoisotopic (exact) mass is 212 g/mol. The number of benzene rings is 1. The number of allylic oxidation sites excluding steroid dienone is 4. The second kappa shape index (κ2) is 3.75. The van der Waals surface area contributed by atoms with E-state index in [1.165, 1.54) is 5.56 Å². The predicted molar refractivity (Wildman–Crippen MR) is 67.3 cm³/mol. The number of hydrogen-bond acceptors (Lipinski definition) is 1. The minimum atomic E-state index is -0.0385. The molecule has 0 heterocycles. The molecule has 1 aliphatic rings. The molecule has 0 N–H and O–H groups in total. The molecule has 82 valence electrons. The molecule has 0 saturated heterocycles. The lowest BCUT2D eigenvalue weighted by molar-refractivity contribution is -0.109. The van der Waals surface area contributed by atoms with E-state index in [0.29, 0.717) is 0 Å². The Labute approximate surface area is 96.5 Å². The van der Waals surface area contributed by atoms with Gasteiger partial charge in [0, 0.05) is 11.0 Å². The molecule has 1 aromatic rings. The molecule has 0 aromatic heterocycles. The number of rotatable bonds is 2. The van der Waals surface area contributed by atoms with E-state index in [0.717, 1.165) is 11.1 Å². The van der Waals surface area contributed by atoms with E-state index in [9.17, 15) is 4.79 Å². The van der Waals surface area contributed by atoms with Crippen molar-refractivity contribution >= 4 is 11.4 Å². The Kier molecular flexibility index (Phi) is 2.55. The summed E-state index contributed by atoms with van der Waals surface area (Å²) < 4.78 is 0. The molecular weight excluding hydrogens is 196 g/mol. The van der Waals surface area contributed by atoms with Crippen molar-refractivity contribution in [2.75, 3.05) is 0 Å². The average Bonchev–Trinajstić information content (AvgIpc) is 2.52. The van der Waals surface area contributed by atoms with E-state index in [-0.39, 0.29) is 11.2 Å². The van der Waals surface area contributed by atoms with Crippen LogP contribution < -0.4 is 0 Å². The van der Waals surface area contributed by atoms with Gasteiger partial charge in [-0.1, -0.05) is 50.3 Å². The van der Waals surface area contributed by atoms with Gasteiger partial charge in [-0.05, 0) is 24.1 Å². The second-order valence-electron chi connectivity index (χ2n) is 4.69. The van der Waals surface area contributed by atoms with E-state index < -0.39 is 0 Å². The molecule has 1 aliphatic carbocycles. The van der Waals surface area contributed by atoms with Crippen molar-refractivity contribution in [1.82, 2.24) is 0 Å². The summed E-state index contributed by atoms with van der Waals surface area (Å²) in [4.78, 5) is 11.9. The zero-order chi connectivity index (χ0) is 11.8. The van der Waals surface area contributed by atoms with Gasteiger partial charge >= 0.3 is 0 Å². The van der Waals surface area contributed by atoms with E-state index in [4.69, 9.17) is 0 Å². The molecule has 1 nitrogen and oxygen atoms in total. The van der Waals surface area contributed by atoms with Crippen molar-refractivity contribution in [1.29, 1.82) is 0 Å². The highest BCUT2D eigenvalue weighted by Crippen LogP contribution is 2.40. The highest BCUT2D eigenvalue weighted by Gasteiger charge is 2.31. The van der Waals surface area contributed by atoms with Crippen LogP contribution in [0.15, 0.2) is 42.5 Å². The van der Waals surface area contributed by atoms with Crippen molar-refractivity contribution in [2.45, 2.75) is 26.2 Å². The number of hydrogen-bond donors (Lipinski definition) is 0. The molecule has 1 aromatic carbocycles. The van der Waals surface area contributed by atoms with Crippen molar-refractivity contribution in [3.63, 3.8) is 0 Å². The van der Waals surface area contributed by atoms with Crippen LogP contribution in [0.5, 0.6) is 0 Å². The molecule has 2 rings (SSSR count). The van der Waals surface area contributed by atoms with Gasteiger partial charge in [-0.3, -0.25) is 4.79 Å². The third kappa shape index (κ3) is 1.63. The first-order valence-electron chi connectivity index (χ1n) is 5.56. The lowest BCUT2D eigenvalue weighted by atomic mass is 9.87. The van der Waals surface area contributed by atoms with Crippen LogP contribution in [0.25, 0.3) is 5.57 Å². The standard InChI is InChI=1S/C15H16O/c1-4-7-14(16)12-10-15(2,3)13-9-6-5-8-11(12)13/h4-10H,1-3H3/b7-4+. The van der Waals surface area contributed by atoms with Gasteiger partial charge in [0.2, 0.25) is 0 Å². The SMILES string of the molecule is C/C=C/C(=O)C1=CC(C)(C)c2ccccc21. The van der Waals surface area contributed by atoms with Gasteiger partial charge < -0.3 is 0 Å². The van der Waals surface area contributed by atoms with Crippen LogP contribution in [0, 0.1) is 0 Å². The summed E-state index contributed by atoms with van der Waals surface area (Å²) in [5.74, 6) is 0.0977. The smallest absolute Gasteiger partial charge is 0.185 e. The molecule has 0 radical (unpaired) electrons. The molecular formula is C15H16O. The van der Waals surface area contributed by atoms with Crippen LogP contribution in [0.4, 0.5) is 0 Å². The maximum atomic E-state index is 11.9. The van der Waals surface area contributed by atoms with Crippen LogP contribution in [-0.2, 0) is 10.2 Å². The van der Waals surface area contributed by atoms with Gasteiger partial charge in [0.15, 0.2) is 5.78 Å². The number of fused-ring (bicyclic) bond motifs is 1. The Hall–Kier alpha value is -1.63. The van der Waals surface area contributed by atoms with E-state index >= 15 is 0 Å². The first-order chi connectivity index (χ1) is 7.56. The fraction of sp³-hybridized carbons (Fsp3) is 0.267. The highest BCUT2D eigenvalue weighted by molar-refractivity contribution is 6.27. The van der Waals surface area contributed by atoms with Gasteiger partial charge in [0.05, 0.1) is 0 Å². The first kappa shape index (κ1) is 10.9. The molecule has 16 heavy (non-hydrogen) atoms. The minimum Gasteiger partial charge on any atom is -0.289 e.